The van der Waals surface area contributed by atoms with Crippen molar-refractivity contribution in [3.63, 3.8) is 0 Å². The topological polar surface area (TPSA) is 75.7 Å². The zero-order valence-corrected chi connectivity index (χ0v) is 18.7. The summed E-state index contributed by atoms with van der Waals surface area (Å²) in [5.41, 5.74) is 7.16. The monoisotopic (exact) mass is 429 g/mol. The van der Waals surface area contributed by atoms with Crippen molar-refractivity contribution in [3.05, 3.63) is 53.4 Å². The largest absolute Gasteiger partial charge is 0.493 e. The van der Waals surface area contributed by atoms with Gasteiger partial charge in [0.15, 0.2) is 11.4 Å². The lowest BCUT2D eigenvalue weighted by atomic mass is 9.92. The average molecular weight is 430 g/mol. The lowest BCUT2D eigenvalue weighted by Crippen LogP contribution is -2.32. The standard InChI is InChI=1S/C24H27N7O/c1-15(2)21-22(17-11-20(32-4)24-26-13-27-31(24)12-17)29-19-6-5-18(28-23(19)21)16-7-9-30(10-8-16)14-25-3/h5-6,11-13,15-16,29H,7-10,14H2,1-2,4H3. The molecule has 0 unspecified atom stereocenters. The van der Waals surface area contributed by atoms with E-state index in [0.717, 1.165) is 53.9 Å². The molecule has 8 heteroatoms. The number of nitrogens with one attached hydrogen (secondary N) is 1. The number of H-pyrrole nitrogens is 1. The number of methoxy groups -OCH3 is 1. The fourth-order valence-corrected chi connectivity index (χ4v) is 4.77. The van der Waals surface area contributed by atoms with Gasteiger partial charge >= 0.3 is 0 Å². The number of hydrogen-bond acceptors (Lipinski definition) is 5. The number of aromatic amines is 1. The third kappa shape index (κ3) is 3.49. The highest BCUT2D eigenvalue weighted by Crippen LogP contribution is 2.37. The van der Waals surface area contributed by atoms with Gasteiger partial charge in [-0.15, -0.1) is 0 Å². The summed E-state index contributed by atoms with van der Waals surface area (Å²) in [5, 5.41) is 4.31. The molecule has 1 aliphatic rings. The predicted octanol–water partition coefficient (Wildman–Crippen LogP) is 4.46. The van der Waals surface area contributed by atoms with Crippen molar-refractivity contribution in [1.29, 1.82) is 0 Å². The first-order valence-electron chi connectivity index (χ1n) is 11.0. The lowest BCUT2D eigenvalue weighted by molar-refractivity contribution is 0.230. The molecule has 1 fully saturated rings. The molecule has 4 aromatic heterocycles. The van der Waals surface area contributed by atoms with E-state index in [1.165, 1.54) is 11.9 Å². The molecule has 8 nitrogen and oxygen atoms in total. The minimum atomic E-state index is 0.291. The van der Waals surface area contributed by atoms with E-state index in [-0.39, 0.29) is 0 Å². The number of pyridine rings is 2. The van der Waals surface area contributed by atoms with Crippen LogP contribution in [0.1, 0.15) is 49.8 Å². The van der Waals surface area contributed by atoms with Crippen LogP contribution >= 0.6 is 0 Å². The predicted molar refractivity (Wildman–Crippen MR) is 124 cm³/mol. The van der Waals surface area contributed by atoms with Crippen molar-refractivity contribution in [3.8, 4) is 17.0 Å². The fraction of sp³-hybridized carbons (Fsp3) is 0.417. The Kier molecular flexibility index (Phi) is 5.27. The van der Waals surface area contributed by atoms with E-state index in [4.69, 9.17) is 16.3 Å². The van der Waals surface area contributed by atoms with Crippen LogP contribution in [0, 0.1) is 6.57 Å². The SMILES string of the molecule is [C-]#[N+]CN1CCC(c2ccc3[nH]c(-c4cc(OC)c5ncnn5c4)c(C(C)C)c3n2)CC1. The van der Waals surface area contributed by atoms with E-state index in [1.807, 2.05) is 12.3 Å². The minimum absolute atomic E-state index is 0.291. The lowest BCUT2D eigenvalue weighted by Gasteiger charge is -2.28. The molecule has 5 heterocycles. The van der Waals surface area contributed by atoms with Gasteiger partial charge in [0, 0.05) is 42.0 Å². The molecular formula is C24H27N7O. The van der Waals surface area contributed by atoms with Gasteiger partial charge in [0.05, 0.1) is 23.8 Å². The number of nitrogens with zero attached hydrogens (tertiary/aromatic N) is 6. The number of fused-ring (bicyclic) bond motifs is 2. The maximum Gasteiger partial charge on any atom is 0.270 e. The van der Waals surface area contributed by atoms with E-state index >= 15 is 0 Å². The van der Waals surface area contributed by atoms with Gasteiger partial charge < -0.3 is 9.72 Å². The highest BCUT2D eigenvalue weighted by Gasteiger charge is 2.25. The Morgan fingerprint density at radius 3 is 2.81 bits per heavy atom. The molecule has 5 rings (SSSR count). The summed E-state index contributed by atoms with van der Waals surface area (Å²) < 4.78 is 7.32. The second kappa shape index (κ2) is 8.24. The van der Waals surface area contributed by atoms with Crippen molar-refractivity contribution in [2.75, 3.05) is 26.9 Å². The second-order valence-electron chi connectivity index (χ2n) is 8.72. The van der Waals surface area contributed by atoms with Crippen molar-refractivity contribution in [2.45, 2.75) is 38.5 Å². The van der Waals surface area contributed by atoms with Gasteiger partial charge in [-0.05, 0) is 37.0 Å². The van der Waals surface area contributed by atoms with E-state index in [1.54, 1.807) is 11.6 Å². The summed E-state index contributed by atoms with van der Waals surface area (Å²) >= 11 is 0. The summed E-state index contributed by atoms with van der Waals surface area (Å²) in [7, 11) is 1.65. The Bertz CT molecular complexity index is 1310. The quantitative estimate of drug-likeness (QED) is 0.474. The first kappa shape index (κ1) is 20.5. The number of hydrogen-bond donors (Lipinski definition) is 1. The Morgan fingerprint density at radius 2 is 2.09 bits per heavy atom. The minimum Gasteiger partial charge on any atom is -0.493 e. The zero-order chi connectivity index (χ0) is 22.2. The van der Waals surface area contributed by atoms with Gasteiger partial charge in [-0.2, -0.15) is 5.10 Å². The number of rotatable bonds is 5. The smallest absolute Gasteiger partial charge is 0.270 e. The van der Waals surface area contributed by atoms with Crippen LogP contribution in [0.5, 0.6) is 5.75 Å². The number of piperidine rings is 1. The summed E-state index contributed by atoms with van der Waals surface area (Å²) in [4.78, 5) is 18.8. The molecule has 0 atom stereocenters. The molecule has 32 heavy (non-hydrogen) atoms. The van der Waals surface area contributed by atoms with Crippen LogP contribution in [0.25, 0.3) is 32.8 Å². The summed E-state index contributed by atoms with van der Waals surface area (Å²) in [5.74, 6) is 1.42. The molecule has 1 N–H and O–H groups in total. The van der Waals surface area contributed by atoms with Crippen molar-refractivity contribution in [1.82, 2.24) is 29.5 Å². The third-order valence-corrected chi connectivity index (χ3v) is 6.40. The maximum atomic E-state index is 7.09. The van der Waals surface area contributed by atoms with E-state index in [0.29, 0.717) is 29.9 Å². The van der Waals surface area contributed by atoms with Gasteiger partial charge in [-0.1, -0.05) is 13.8 Å². The average Bonchev–Trinajstić information content (AvgIpc) is 3.43. The van der Waals surface area contributed by atoms with Crippen LogP contribution in [0.15, 0.2) is 30.7 Å². The molecule has 4 aromatic rings. The molecule has 0 aliphatic carbocycles. The zero-order valence-electron chi connectivity index (χ0n) is 18.7. The van der Waals surface area contributed by atoms with Gasteiger partial charge in [-0.25, -0.2) is 21.0 Å². The van der Waals surface area contributed by atoms with Crippen LogP contribution in [0.3, 0.4) is 0 Å². The Balaban J connectivity index is 1.57. The van der Waals surface area contributed by atoms with Crippen LogP contribution < -0.4 is 4.74 Å². The summed E-state index contributed by atoms with van der Waals surface area (Å²) in [6.07, 6.45) is 5.61. The van der Waals surface area contributed by atoms with Crippen molar-refractivity contribution >= 4 is 16.7 Å². The summed E-state index contributed by atoms with van der Waals surface area (Å²) in [6, 6.07) is 6.32. The highest BCUT2D eigenvalue weighted by atomic mass is 16.5. The van der Waals surface area contributed by atoms with Gasteiger partial charge in [0.1, 0.15) is 6.33 Å². The second-order valence-corrected chi connectivity index (χ2v) is 8.72. The molecule has 0 amide bonds. The molecule has 0 spiro atoms. The van der Waals surface area contributed by atoms with Gasteiger partial charge in [0.2, 0.25) is 0 Å². The van der Waals surface area contributed by atoms with Crippen LogP contribution in [0.4, 0.5) is 0 Å². The molecule has 0 saturated carbocycles. The summed E-state index contributed by atoms with van der Waals surface area (Å²) in [6.45, 7) is 13.9. The molecule has 0 radical (unpaired) electrons. The van der Waals surface area contributed by atoms with Crippen LogP contribution in [-0.4, -0.2) is 56.3 Å². The van der Waals surface area contributed by atoms with Crippen molar-refractivity contribution in [2.24, 2.45) is 0 Å². The Morgan fingerprint density at radius 1 is 1.28 bits per heavy atom. The van der Waals surface area contributed by atoms with Gasteiger partial charge in [-0.3, -0.25) is 9.83 Å². The number of aromatic nitrogens is 5. The molecule has 164 valence electrons. The van der Waals surface area contributed by atoms with Gasteiger partial charge in [0.25, 0.3) is 6.67 Å². The van der Waals surface area contributed by atoms with Crippen molar-refractivity contribution < 1.29 is 4.74 Å². The first-order valence-corrected chi connectivity index (χ1v) is 11.0. The van der Waals surface area contributed by atoms with Crippen LogP contribution in [0.2, 0.25) is 0 Å². The van der Waals surface area contributed by atoms with E-state index < -0.39 is 0 Å². The normalized spacial score (nSPS) is 15.6. The molecule has 1 aliphatic heterocycles. The Hall–Kier alpha value is -3.44. The molecule has 0 bridgehead atoms. The molecule has 1 saturated heterocycles. The molecular weight excluding hydrogens is 402 g/mol. The fourth-order valence-electron chi connectivity index (χ4n) is 4.77. The third-order valence-electron chi connectivity index (χ3n) is 6.40. The molecule has 0 aromatic carbocycles. The first-order chi connectivity index (χ1) is 15.6. The highest BCUT2D eigenvalue weighted by molar-refractivity contribution is 5.89. The number of likely N-dealkylation sites (tertiary alicyclic amines) is 1. The van der Waals surface area contributed by atoms with E-state index in [2.05, 4.69) is 50.8 Å². The maximum absolute atomic E-state index is 7.09. The van der Waals surface area contributed by atoms with E-state index in [9.17, 15) is 0 Å². The van der Waals surface area contributed by atoms with Crippen LogP contribution in [-0.2, 0) is 0 Å². The Labute approximate surface area is 187 Å². The number of ether oxygens (including phenoxy) is 1.